The van der Waals surface area contributed by atoms with Crippen molar-refractivity contribution < 1.29 is 14.3 Å². The SMILES string of the molecule is CNc1ccccc1C(N)=NC(CCN(CCCCc1ccc2c(n1)NCCC2)CCNC(C)=O)C(=O)OC(C)(C)C. The first kappa shape index (κ1) is 32.8. The normalized spacial score (nSPS) is 14.1. The number of para-hydroxylation sites is 1. The number of carbonyl (C=O) groups is 2. The molecule has 10 nitrogen and oxygen atoms in total. The van der Waals surface area contributed by atoms with E-state index in [1.165, 1.54) is 12.5 Å². The maximum absolute atomic E-state index is 13.2. The number of aromatic nitrogens is 1. The lowest BCUT2D eigenvalue weighted by Gasteiger charge is -2.26. The lowest BCUT2D eigenvalue weighted by atomic mass is 10.1. The summed E-state index contributed by atoms with van der Waals surface area (Å²) in [6, 6.07) is 11.2. The molecule has 230 valence electrons. The molecule has 2 heterocycles. The van der Waals surface area contributed by atoms with Crippen LogP contribution < -0.4 is 21.7 Å². The van der Waals surface area contributed by atoms with Gasteiger partial charge in [-0.1, -0.05) is 18.2 Å². The predicted octanol–water partition coefficient (Wildman–Crippen LogP) is 3.75. The molecule has 42 heavy (non-hydrogen) atoms. The molecule has 5 N–H and O–H groups in total. The number of unbranched alkanes of at least 4 members (excludes halogenated alkanes) is 1. The van der Waals surface area contributed by atoms with E-state index in [1.54, 1.807) is 0 Å². The van der Waals surface area contributed by atoms with Crippen molar-refractivity contribution in [2.75, 3.05) is 50.4 Å². The van der Waals surface area contributed by atoms with Crippen LogP contribution in [0.15, 0.2) is 41.4 Å². The number of ether oxygens (including phenoxy) is 1. The number of amides is 1. The molecule has 1 amide bonds. The fraction of sp³-hybridized carbons (Fsp3) is 0.562. The Bertz CT molecular complexity index is 1210. The summed E-state index contributed by atoms with van der Waals surface area (Å²) in [5, 5.41) is 9.42. The molecule has 0 bridgehead atoms. The zero-order valence-electron chi connectivity index (χ0n) is 26.0. The second-order valence-electron chi connectivity index (χ2n) is 11.8. The highest BCUT2D eigenvalue weighted by Gasteiger charge is 2.26. The van der Waals surface area contributed by atoms with E-state index in [2.05, 4.69) is 38.0 Å². The van der Waals surface area contributed by atoms with E-state index in [4.69, 9.17) is 15.5 Å². The Balaban J connectivity index is 1.66. The molecular weight excluding hydrogens is 530 g/mol. The van der Waals surface area contributed by atoms with Crippen molar-refractivity contribution in [1.82, 2.24) is 15.2 Å². The number of anilines is 2. The number of esters is 1. The number of hydrogen-bond donors (Lipinski definition) is 4. The molecular formula is C32H49N7O3. The van der Waals surface area contributed by atoms with Gasteiger partial charge in [0.1, 0.15) is 17.3 Å². The minimum absolute atomic E-state index is 0.0609. The van der Waals surface area contributed by atoms with Crippen LogP contribution in [-0.2, 0) is 27.2 Å². The van der Waals surface area contributed by atoms with Crippen LogP contribution in [0.1, 0.15) is 70.2 Å². The van der Waals surface area contributed by atoms with E-state index >= 15 is 0 Å². The van der Waals surface area contributed by atoms with Gasteiger partial charge in [0.2, 0.25) is 5.91 Å². The number of hydrogen-bond acceptors (Lipinski definition) is 8. The van der Waals surface area contributed by atoms with Crippen LogP contribution in [-0.4, -0.2) is 79.0 Å². The Hall–Kier alpha value is -3.66. The first-order chi connectivity index (χ1) is 20.1. The summed E-state index contributed by atoms with van der Waals surface area (Å²) in [5.41, 5.74) is 9.75. The van der Waals surface area contributed by atoms with Crippen LogP contribution in [0.3, 0.4) is 0 Å². The monoisotopic (exact) mass is 579 g/mol. The van der Waals surface area contributed by atoms with Crippen molar-refractivity contribution in [1.29, 1.82) is 0 Å². The van der Waals surface area contributed by atoms with Gasteiger partial charge in [-0.25, -0.2) is 9.78 Å². The summed E-state index contributed by atoms with van der Waals surface area (Å²) in [7, 11) is 1.82. The third-order valence-corrected chi connectivity index (χ3v) is 7.08. The van der Waals surface area contributed by atoms with Crippen LogP contribution in [0.4, 0.5) is 11.5 Å². The number of nitrogens with one attached hydrogen (secondary N) is 3. The minimum Gasteiger partial charge on any atom is -0.458 e. The molecule has 1 aromatic heterocycles. The Morgan fingerprint density at radius 2 is 1.93 bits per heavy atom. The largest absolute Gasteiger partial charge is 0.458 e. The molecule has 1 aliphatic rings. The third-order valence-electron chi connectivity index (χ3n) is 7.08. The van der Waals surface area contributed by atoms with Gasteiger partial charge in [0, 0.05) is 57.1 Å². The summed E-state index contributed by atoms with van der Waals surface area (Å²) in [6.45, 7) is 10.7. The van der Waals surface area contributed by atoms with Crippen LogP contribution in [0.25, 0.3) is 0 Å². The number of aliphatic imine (C=N–C) groups is 1. The summed E-state index contributed by atoms with van der Waals surface area (Å²) in [6.07, 6.45) is 5.53. The van der Waals surface area contributed by atoms with Gasteiger partial charge >= 0.3 is 5.97 Å². The van der Waals surface area contributed by atoms with E-state index in [-0.39, 0.29) is 11.7 Å². The predicted molar refractivity (Wildman–Crippen MR) is 170 cm³/mol. The van der Waals surface area contributed by atoms with E-state index in [0.717, 1.165) is 68.0 Å². The topological polar surface area (TPSA) is 134 Å². The van der Waals surface area contributed by atoms with Crippen LogP contribution in [0.2, 0.25) is 0 Å². The number of fused-ring (bicyclic) bond motifs is 1. The summed E-state index contributed by atoms with van der Waals surface area (Å²) >= 11 is 0. The molecule has 0 saturated heterocycles. The fourth-order valence-electron chi connectivity index (χ4n) is 4.95. The highest BCUT2D eigenvalue weighted by Crippen LogP contribution is 2.21. The quantitative estimate of drug-likeness (QED) is 0.109. The van der Waals surface area contributed by atoms with Gasteiger partial charge in [-0.3, -0.25) is 9.79 Å². The van der Waals surface area contributed by atoms with E-state index in [0.29, 0.717) is 26.1 Å². The van der Waals surface area contributed by atoms with Gasteiger partial charge < -0.3 is 31.3 Å². The van der Waals surface area contributed by atoms with Crippen molar-refractivity contribution >= 4 is 29.2 Å². The Kier molecular flexibility index (Phi) is 12.6. The molecule has 0 saturated carbocycles. The van der Waals surface area contributed by atoms with Crippen molar-refractivity contribution in [2.24, 2.45) is 10.7 Å². The van der Waals surface area contributed by atoms with Crippen molar-refractivity contribution in [3.63, 3.8) is 0 Å². The molecule has 0 radical (unpaired) electrons. The number of pyridine rings is 1. The van der Waals surface area contributed by atoms with Gasteiger partial charge in [-0.15, -0.1) is 0 Å². The average molecular weight is 580 g/mol. The van der Waals surface area contributed by atoms with Crippen LogP contribution in [0.5, 0.6) is 0 Å². The number of rotatable bonds is 15. The number of aryl methyl sites for hydroxylation is 2. The van der Waals surface area contributed by atoms with Crippen molar-refractivity contribution in [2.45, 2.75) is 77.9 Å². The minimum atomic E-state index is -0.760. The lowest BCUT2D eigenvalue weighted by molar-refractivity contribution is -0.156. The number of amidine groups is 1. The van der Waals surface area contributed by atoms with E-state index in [9.17, 15) is 9.59 Å². The smallest absolute Gasteiger partial charge is 0.331 e. The molecule has 0 spiro atoms. The van der Waals surface area contributed by atoms with Gasteiger partial charge in [-0.05, 0) is 89.6 Å². The average Bonchev–Trinajstić information content (AvgIpc) is 2.95. The highest BCUT2D eigenvalue weighted by molar-refractivity contribution is 6.03. The van der Waals surface area contributed by atoms with Gasteiger partial charge in [-0.2, -0.15) is 0 Å². The third kappa shape index (κ3) is 11.0. The summed E-state index contributed by atoms with van der Waals surface area (Å²) in [5.74, 6) is 0.851. The first-order valence-corrected chi connectivity index (χ1v) is 15.1. The Morgan fingerprint density at radius 1 is 1.14 bits per heavy atom. The first-order valence-electron chi connectivity index (χ1n) is 15.1. The van der Waals surface area contributed by atoms with E-state index < -0.39 is 17.6 Å². The summed E-state index contributed by atoms with van der Waals surface area (Å²) in [4.78, 5) is 36.5. The standard InChI is InChI=1S/C32H49N7O3/c1-23(40)35-19-22-39(20-9-8-12-25-16-15-24-11-10-18-36-30(24)37-25)21-17-28(31(41)42-32(2,3)4)38-29(33)26-13-6-7-14-27(26)34-5/h6-7,13-16,28,34H,8-12,17-22H2,1-5H3,(H2,33,38)(H,35,40)(H,36,37). The van der Waals surface area contributed by atoms with Gasteiger partial charge in [0.25, 0.3) is 0 Å². The molecule has 2 aromatic rings. The lowest BCUT2D eigenvalue weighted by Crippen LogP contribution is -2.38. The van der Waals surface area contributed by atoms with Gasteiger partial charge in [0.15, 0.2) is 6.04 Å². The number of nitrogens with zero attached hydrogens (tertiary/aromatic N) is 3. The molecule has 3 rings (SSSR count). The molecule has 10 heteroatoms. The maximum atomic E-state index is 13.2. The molecule has 1 aliphatic heterocycles. The fourth-order valence-corrected chi connectivity index (χ4v) is 4.95. The van der Waals surface area contributed by atoms with Crippen LogP contribution >= 0.6 is 0 Å². The van der Waals surface area contributed by atoms with E-state index in [1.807, 2.05) is 52.1 Å². The Morgan fingerprint density at radius 3 is 2.67 bits per heavy atom. The molecule has 1 aromatic carbocycles. The molecule has 0 fully saturated rings. The molecule has 0 aliphatic carbocycles. The molecule has 1 atom stereocenters. The van der Waals surface area contributed by atoms with Crippen LogP contribution in [0, 0.1) is 0 Å². The highest BCUT2D eigenvalue weighted by atomic mass is 16.6. The summed E-state index contributed by atoms with van der Waals surface area (Å²) < 4.78 is 5.72. The second-order valence-corrected chi connectivity index (χ2v) is 11.8. The second kappa shape index (κ2) is 16.1. The van der Waals surface area contributed by atoms with Crippen molar-refractivity contribution in [3.8, 4) is 0 Å². The van der Waals surface area contributed by atoms with Crippen molar-refractivity contribution in [3.05, 3.63) is 53.2 Å². The Labute approximate surface area is 250 Å². The zero-order chi connectivity index (χ0) is 30.5. The molecule has 1 unspecified atom stereocenters. The van der Waals surface area contributed by atoms with Gasteiger partial charge in [0.05, 0.1) is 0 Å². The number of benzene rings is 1. The number of nitrogens with two attached hydrogens (primary N) is 1. The zero-order valence-corrected chi connectivity index (χ0v) is 26.0. The number of carbonyl (C=O) groups excluding carboxylic acids is 2. The maximum Gasteiger partial charge on any atom is 0.331 e.